The zero-order chi connectivity index (χ0) is 7.61. The number of hydrogen-bond donors (Lipinski definition) is 0. The molecule has 1 fully saturated rings. The molecule has 1 saturated heterocycles. The van der Waals surface area contributed by atoms with Crippen LogP contribution in [0.2, 0.25) is 0 Å². The van der Waals surface area contributed by atoms with Crippen LogP contribution in [0.5, 0.6) is 0 Å². The molecule has 1 heterocycles. The molecule has 60 valence electrons. The van der Waals surface area contributed by atoms with E-state index in [1.807, 2.05) is 0 Å². The summed E-state index contributed by atoms with van der Waals surface area (Å²) in [5.41, 5.74) is 0.646. The van der Waals surface area contributed by atoms with Crippen molar-refractivity contribution >= 4 is 9.39 Å². The Kier molecular flexibility index (Phi) is 2.71. The molecule has 0 aliphatic carbocycles. The Balaban J connectivity index is 2.38. The van der Waals surface area contributed by atoms with Gasteiger partial charge in [-0.25, -0.2) is 0 Å². The Morgan fingerprint density at radius 3 is 2.30 bits per heavy atom. The summed E-state index contributed by atoms with van der Waals surface area (Å²) in [4.78, 5) is 0. The average Bonchev–Trinajstić information content (AvgIpc) is 1.96. The first kappa shape index (κ1) is 8.49. The predicted octanol–water partition coefficient (Wildman–Crippen LogP) is 2.29. The van der Waals surface area contributed by atoms with Gasteiger partial charge in [0.1, 0.15) is 0 Å². The predicted molar refractivity (Wildman–Crippen MR) is 48.9 cm³/mol. The van der Waals surface area contributed by atoms with Crippen LogP contribution < -0.4 is 0 Å². The molecule has 1 atom stereocenters. The van der Waals surface area contributed by atoms with Crippen LogP contribution in [0, 0.1) is 5.41 Å². The summed E-state index contributed by atoms with van der Waals surface area (Å²) < 4.78 is 2.34. The molecule has 0 saturated carbocycles. The van der Waals surface area contributed by atoms with Crippen molar-refractivity contribution in [3.05, 3.63) is 0 Å². The lowest BCUT2D eigenvalue weighted by atomic mass is 9.79. The van der Waals surface area contributed by atoms with Crippen LogP contribution in [0.15, 0.2) is 0 Å². The van der Waals surface area contributed by atoms with Crippen LogP contribution in [0.4, 0.5) is 0 Å². The van der Waals surface area contributed by atoms with Crippen molar-refractivity contribution in [2.45, 2.75) is 33.1 Å². The number of piperidine rings is 1. The van der Waals surface area contributed by atoms with Gasteiger partial charge in [0.05, 0.1) is 0 Å². The Morgan fingerprint density at radius 1 is 1.40 bits per heavy atom. The molecular formula is C8H18NP. The van der Waals surface area contributed by atoms with Crippen molar-refractivity contribution in [2.24, 2.45) is 5.41 Å². The van der Waals surface area contributed by atoms with Crippen molar-refractivity contribution in [1.82, 2.24) is 4.67 Å². The first-order valence-electron chi connectivity index (χ1n) is 4.16. The van der Waals surface area contributed by atoms with E-state index in [4.69, 9.17) is 0 Å². The van der Waals surface area contributed by atoms with Gasteiger partial charge in [0.2, 0.25) is 0 Å². The summed E-state index contributed by atoms with van der Waals surface area (Å²) in [7, 11) is 2.79. The fourth-order valence-corrected chi connectivity index (χ4v) is 1.68. The lowest BCUT2D eigenvalue weighted by Gasteiger charge is -2.36. The highest BCUT2D eigenvalue weighted by Gasteiger charge is 2.26. The Bertz CT molecular complexity index is 106. The van der Waals surface area contributed by atoms with E-state index >= 15 is 0 Å². The van der Waals surface area contributed by atoms with Gasteiger partial charge < -0.3 is 0 Å². The Morgan fingerprint density at radius 2 is 1.90 bits per heavy atom. The van der Waals surface area contributed by atoms with Crippen LogP contribution in [0.25, 0.3) is 0 Å². The van der Waals surface area contributed by atoms with Crippen molar-refractivity contribution in [2.75, 3.05) is 13.1 Å². The quantitative estimate of drug-likeness (QED) is 0.530. The van der Waals surface area contributed by atoms with Crippen LogP contribution in [0.3, 0.4) is 0 Å². The van der Waals surface area contributed by atoms with Crippen LogP contribution in [-0.4, -0.2) is 17.8 Å². The van der Waals surface area contributed by atoms with Gasteiger partial charge in [0, 0.05) is 13.1 Å². The van der Waals surface area contributed by atoms with Crippen molar-refractivity contribution < 1.29 is 0 Å². The number of hydrogen-bond acceptors (Lipinski definition) is 1. The summed E-state index contributed by atoms with van der Waals surface area (Å²) in [5.74, 6) is 0. The zero-order valence-corrected chi connectivity index (χ0v) is 8.21. The second kappa shape index (κ2) is 3.19. The minimum absolute atomic E-state index is 0.646. The molecule has 1 unspecified atom stereocenters. The molecule has 0 aromatic rings. The van der Waals surface area contributed by atoms with Gasteiger partial charge in [-0.05, 0) is 18.3 Å². The number of nitrogens with zero attached hydrogens (tertiary/aromatic N) is 1. The van der Waals surface area contributed by atoms with Gasteiger partial charge in [-0.3, -0.25) is 4.67 Å². The van der Waals surface area contributed by atoms with E-state index in [0.717, 1.165) is 0 Å². The maximum Gasteiger partial charge on any atom is 0.00213 e. The smallest absolute Gasteiger partial charge is 0.00213 e. The largest absolute Gasteiger partial charge is 0.287 e. The minimum Gasteiger partial charge on any atom is -0.287 e. The lowest BCUT2D eigenvalue weighted by Crippen LogP contribution is -2.32. The molecule has 2 heteroatoms. The fourth-order valence-electron chi connectivity index (χ4n) is 1.42. The molecule has 0 aromatic heterocycles. The highest BCUT2D eigenvalue weighted by atomic mass is 31.0. The Labute approximate surface area is 66.4 Å². The first-order chi connectivity index (χ1) is 4.66. The summed E-state index contributed by atoms with van der Waals surface area (Å²) in [6.45, 7) is 7.23. The molecule has 0 spiro atoms. The number of rotatable bonds is 1. The van der Waals surface area contributed by atoms with E-state index in [-0.39, 0.29) is 0 Å². The van der Waals surface area contributed by atoms with E-state index < -0.39 is 0 Å². The van der Waals surface area contributed by atoms with Crippen LogP contribution in [0.1, 0.15) is 33.1 Å². The highest BCUT2D eigenvalue weighted by Crippen LogP contribution is 2.34. The Hall–Kier alpha value is 0.390. The molecule has 0 amide bonds. The first-order valence-corrected chi connectivity index (χ1v) is 4.67. The van der Waals surface area contributed by atoms with E-state index in [1.165, 1.54) is 32.4 Å². The molecule has 0 N–H and O–H groups in total. The molecule has 10 heavy (non-hydrogen) atoms. The van der Waals surface area contributed by atoms with Gasteiger partial charge in [0.15, 0.2) is 0 Å². The maximum absolute atomic E-state index is 2.79. The van der Waals surface area contributed by atoms with E-state index in [0.29, 0.717) is 5.41 Å². The summed E-state index contributed by atoms with van der Waals surface area (Å²) in [6.07, 6.45) is 4.07. The second-order valence-corrected chi connectivity index (χ2v) is 4.43. The average molecular weight is 159 g/mol. The van der Waals surface area contributed by atoms with Crippen molar-refractivity contribution in [3.8, 4) is 0 Å². The molecule has 1 rings (SSSR count). The molecule has 1 aliphatic rings. The van der Waals surface area contributed by atoms with Gasteiger partial charge >= 0.3 is 0 Å². The lowest BCUT2D eigenvalue weighted by molar-refractivity contribution is 0.176. The molecule has 1 aliphatic heterocycles. The van der Waals surface area contributed by atoms with Gasteiger partial charge in [-0.1, -0.05) is 29.7 Å². The summed E-state index contributed by atoms with van der Waals surface area (Å²) >= 11 is 0. The molecule has 0 radical (unpaired) electrons. The van der Waals surface area contributed by atoms with E-state index in [1.54, 1.807) is 0 Å². The van der Waals surface area contributed by atoms with E-state index in [9.17, 15) is 0 Å². The van der Waals surface area contributed by atoms with Gasteiger partial charge in [0.25, 0.3) is 0 Å². The third kappa shape index (κ3) is 1.93. The summed E-state index contributed by atoms with van der Waals surface area (Å²) in [5, 5.41) is 0. The minimum atomic E-state index is 0.646. The van der Waals surface area contributed by atoms with Crippen LogP contribution >= 0.6 is 9.39 Å². The van der Waals surface area contributed by atoms with Crippen molar-refractivity contribution in [1.29, 1.82) is 0 Å². The van der Waals surface area contributed by atoms with Crippen molar-refractivity contribution in [3.63, 3.8) is 0 Å². The van der Waals surface area contributed by atoms with E-state index in [2.05, 4.69) is 27.9 Å². The normalized spacial score (nSPS) is 26.7. The highest BCUT2D eigenvalue weighted by molar-refractivity contribution is 7.13. The maximum atomic E-state index is 2.79. The molecular weight excluding hydrogens is 141 g/mol. The van der Waals surface area contributed by atoms with Gasteiger partial charge in [-0.2, -0.15) is 0 Å². The molecule has 0 bridgehead atoms. The SMILES string of the molecule is CCC1(C)CCN(P)CC1. The summed E-state index contributed by atoms with van der Waals surface area (Å²) in [6, 6.07) is 0. The molecule has 1 nitrogen and oxygen atoms in total. The monoisotopic (exact) mass is 159 g/mol. The van der Waals surface area contributed by atoms with Gasteiger partial charge in [-0.15, -0.1) is 0 Å². The van der Waals surface area contributed by atoms with Crippen LogP contribution in [-0.2, 0) is 0 Å². The topological polar surface area (TPSA) is 3.24 Å². The standard InChI is InChI=1S/C8H18NP/c1-3-8(2)4-6-9(10)7-5-8/h3-7,10H2,1-2H3. The fraction of sp³-hybridized carbons (Fsp3) is 1.00. The zero-order valence-electron chi connectivity index (χ0n) is 7.06. The molecule has 0 aromatic carbocycles. The third-order valence-electron chi connectivity index (χ3n) is 2.86. The second-order valence-electron chi connectivity index (χ2n) is 3.70. The third-order valence-corrected chi connectivity index (χ3v) is 3.38.